The number of fused-ring (bicyclic) bond motifs is 1. The molecule has 0 bridgehead atoms. The monoisotopic (exact) mass is 397 g/mol. The molecule has 0 aliphatic carbocycles. The predicted molar refractivity (Wildman–Crippen MR) is 111 cm³/mol. The fraction of sp³-hybridized carbons (Fsp3) is 0.409. The molecule has 1 aliphatic rings. The van der Waals surface area contributed by atoms with Gasteiger partial charge in [0.05, 0.1) is 16.9 Å². The summed E-state index contributed by atoms with van der Waals surface area (Å²) in [6.07, 6.45) is -1.05. The van der Waals surface area contributed by atoms with Gasteiger partial charge in [0.1, 0.15) is 5.54 Å². The summed E-state index contributed by atoms with van der Waals surface area (Å²) in [7, 11) is 0. The first-order valence-electron chi connectivity index (χ1n) is 9.71. The van der Waals surface area contributed by atoms with Crippen LogP contribution < -0.4 is 10.2 Å². The molecule has 0 saturated carbocycles. The number of esters is 1. The molecule has 3 rings (SSSR count). The third-order valence-electron chi connectivity index (χ3n) is 5.47. The first-order valence-corrected chi connectivity index (χ1v) is 9.71. The number of aryl methyl sites for hydroxylation is 1. The summed E-state index contributed by atoms with van der Waals surface area (Å²) in [4.78, 5) is 40.0. The number of amides is 2. The van der Waals surface area contributed by atoms with E-state index in [0.29, 0.717) is 16.9 Å². The molecule has 1 atom stereocenters. The van der Waals surface area contributed by atoms with Crippen LogP contribution in [0.3, 0.4) is 0 Å². The minimum atomic E-state index is -1.12. The summed E-state index contributed by atoms with van der Waals surface area (Å²) >= 11 is 0. The highest BCUT2D eigenvalue weighted by Gasteiger charge is 2.45. The molecule has 1 aromatic carbocycles. The van der Waals surface area contributed by atoms with Crippen LogP contribution in [-0.2, 0) is 20.9 Å². The lowest BCUT2D eigenvalue weighted by atomic mass is 9.95. The Morgan fingerprint density at radius 1 is 1.21 bits per heavy atom. The lowest BCUT2D eigenvalue weighted by Gasteiger charge is -2.42. The molecule has 2 heterocycles. The molecule has 2 amide bonds. The van der Waals surface area contributed by atoms with Gasteiger partial charge in [-0.25, -0.2) is 4.79 Å². The van der Waals surface area contributed by atoms with Gasteiger partial charge in [-0.05, 0) is 59.7 Å². The van der Waals surface area contributed by atoms with Crippen molar-refractivity contribution >= 4 is 29.2 Å². The van der Waals surface area contributed by atoms with Gasteiger partial charge < -0.3 is 14.6 Å². The highest BCUT2D eigenvalue weighted by atomic mass is 16.5. The van der Waals surface area contributed by atoms with Crippen molar-refractivity contribution in [1.29, 1.82) is 0 Å². The maximum Gasteiger partial charge on any atom is 0.340 e. The van der Waals surface area contributed by atoms with Crippen molar-refractivity contribution in [2.75, 3.05) is 10.2 Å². The van der Waals surface area contributed by atoms with E-state index >= 15 is 0 Å². The fourth-order valence-corrected chi connectivity index (χ4v) is 3.80. The zero-order chi connectivity index (χ0) is 21.5. The maximum absolute atomic E-state index is 13.3. The van der Waals surface area contributed by atoms with Crippen LogP contribution in [0, 0.1) is 13.8 Å². The van der Waals surface area contributed by atoms with Crippen LogP contribution >= 0.6 is 0 Å². The number of nitrogens with zero attached hydrogens (tertiary/aromatic N) is 2. The van der Waals surface area contributed by atoms with Crippen LogP contribution in [0.4, 0.5) is 11.4 Å². The zero-order valence-corrected chi connectivity index (χ0v) is 17.7. The van der Waals surface area contributed by atoms with E-state index in [-0.39, 0.29) is 5.91 Å². The number of hydrogen-bond acceptors (Lipinski definition) is 4. The number of hydrogen-bond donors (Lipinski definition) is 1. The maximum atomic E-state index is 13.3. The molecule has 1 N–H and O–H groups in total. The number of carbonyl (C=O) groups excluding carboxylic acids is 3. The average molecular weight is 397 g/mol. The zero-order valence-electron chi connectivity index (χ0n) is 17.7. The minimum absolute atomic E-state index is 0.297. The number of aromatic nitrogens is 1. The van der Waals surface area contributed by atoms with Gasteiger partial charge in [0, 0.05) is 17.9 Å². The Morgan fingerprint density at radius 3 is 2.48 bits per heavy atom. The summed E-state index contributed by atoms with van der Waals surface area (Å²) in [6.45, 7) is 11.4. The summed E-state index contributed by atoms with van der Waals surface area (Å²) in [5.74, 6) is -1.30. The van der Waals surface area contributed by atoms with Gasteiger partial charge in [-0.2, -0.15) is 0 Å². The molecule has 2 aromatic rings. The Bertz CT molecular complexity index is 990. The quantitative estimate of drug-likeness (QED) is 0.802. The smallest absolute Gasteiger partial charge is 0.340 e. The summed E-state index contributed by atoms with van der Waals surface area (Å²) < 4.78 is 7.52. The minimum Gasteiger partial charge on any atom is -0.449 e. The number of carbonyl (C=O) groups is 3. The SMILES string of the molecule is CCn1c(C)cc(C(=O)O[C@H](C)C(=O)N2c3ccccc3NC(=O)C2(C)C)c1C. The van der Waals surface area contributed by atoms with Crippen molar-refractivity contribution in [3.63, 3.8) is 0 Å². The highest BCUT2D eigenvalue weighted by Crippen LogP contribution is 2.37. The van der Waals surface area contributed by atoms with E-state index in [0.717, 1.165) is 17.9 Å². The number of anilines is 2. The van der Waals surface area contributed by atoms with Crippen LogP contribution in [0.1, 0.15) is 49.4 Å². The standard InChI is InChI=1S/C22H27N3O4/c1-7-24-13(2)12-16(14(24)3)20(27)29-15(4)19(26)25-18-11-9-8-10-17(18)23-21(28)22(25,5)6/h8-12,15H,7H2,1-6H3,(H,23,28)/t15-/m1/s1. The van der Waals surface area contributed by atoms with Crippen LogP contribution in [0.25, 0.3) is 0 Å². The van der Waals surface area contributed by atoms with E-state index in [9.17, 15) is 14.4 Å². The number of rotatable bonds is 4. The number of para-hydroxylation sites is 2. The second-order valence-corrected chi connectivity index (χ2v) is 7.78. The summed E-state index contributed by atoms with van der Waals surface area (Å²) in [6, 6.07) is 8.85. The molecule has 0 radical (unpaired) electrons. The van der Waals surface area contributed by atoms with E-state index in [1.54, 1.807) is 44.2 Å². The molecule has 0 unspecified atom stereocenters. The molecule has 7 nitrogen and oxygen atoms in total. The van der Waals surface area contributed by atoms with Crippen molar-refractivity contribution in [2.24, 2.45) is 0 Å². The summed E-state index contributed by atoms with van der Waals surface area (Å²) in [5.41, 5.74) is 2.21. The van der Waals surface area contributed by atoms with E-state index < -0.39 is 23.5 Å². The third kappa shape index (κ3) is 3.41. The van der Waals surface area contributed by atoms with Gasteiger partial charge in [0.2, 0.25) is 5.91 Å². The van der Waals surface area contributed by atoms with Gasteiger partial charge in [-0.15, -0.1) is 0 Å². The number of nitrogens with one attached hydrogen (secondary N) is 1. The van der Waals surface area contributed by atoms with Crippen molar-refractivity contribution in [2.45, 2.75) is 59.7 Å². The molecule has 29 heavy (non-hydrogen) atoms. The first kappa shape index (κ1) is 20.6. The normalized spacial score (nSPS) is 16.1. The van der Waals surface area contributed by atoms with Gasteiger partial charge >= 0.3 is 5.97 Å². The van der Waals surface area contributed by atoms with Gasteiger partial charge in [-0.1, -0.05) is 12.1 Å². The lowest BCUT2D eigenvalue weighted by molar-refractivity contribution is -0.131. The Hall–Kier alpha value is -3.09. The van der Waals surface area contributed by atoms with Crippen LogP contribution in [0.5, 0.6) is 0 Å². The Kier molecular flexibility index (Phi) is 5.26. The molecule has 0 saturated heterocycles. The van der Waals surface area contributed by atoms with E-state index in [2.05, 4.69) is 5.32 Å². The van der Waals surface area contributed by atoms with Crippen molar-refractivity contribution < 1.29 is 19.1 Å². The van der Waals surface area contributed by atoms with E-state index in [1.807, 2.05) is 25.3 Å². The predicted octanol–water partition coefficient (Wildman–Crippen LogP) is 3.43. The van der Waals surface area contributed by atoms with Gasteiger partial charge in [0.15, 0.2) is 6.10 Å². The molecule has 1 aromatic heterocycles. The molecular formula is C22H27N3O4. The summed E-state index contributed by atoms with van der Waals surface area (Å²) in [5, 5.41) is 2.82. The van der Waals surface area contributed by atoms with Crippen molar-refractivity contribution in [3.8, 4) is 0 Å². The van der Waals surface area contributed by atoms with Gasteiger partial charge in [0.25, 0.3) is 5.91 Å². The first-order chi connectivity index (χ1) is 13.6. The van der Waals surface area contributed by atoms with Crippen molar-refractivity contribution in [3.05, 3.63) is 47.3 Å². The molecule has 1 aliphatic heterocycles. The van der Waals surface area contributed by atoms with E-state index in [4.69, 9.17) is 4.74 Å². The van der Waals surface area contributed by atoms with Crippen LogP contribution in [0.15, 0.2) is 30.3 Å². The van der Waals surface area contributed by atoms with Crippen LogP contribution in [0.2, 0.25) is 0 Å². The third-order valence-corrected chi connectivity index (χ3v) is 5.47. The molecule has 0 fully saturated rings. The Morgan fingerprint density at radius 2 is 1.86 bits per heavy atom. The Balaban J connectivity index is 1.88. The fourth-order valence-electron chi connectivity index (χ4n) is 3.80. The largest absolute Gasteiger partial charge is 0.449 e. The molecule has 7 heteroatoms. The second-order valence-electron chi connectivity index (χ2n) is 7.78. The molecule has 154 valence electrons. The van der Waals surface area contributed by atoms with E-state index in [1.165, 1.54) is 11.8 Å². The Labute approximate surface area is 170 Å². The van der Waals surface area contributed by atoms with Gasteiger partial charge in [-0.3, -0.25) is 14.5 Å². The number of ether oxygens (including phenoxy) is 1. The van der Waals surface area contributed by atoms with Crippen LogP contribution in [-0.4, -0.2) is 34.0 Å². The highest BCUT2D eigenvalue weighted by molar-refractivity contribution is 6.15. The molecule has 0 spiro atoms. The number of benzene rings is 1. The molecular weight excluding hydrogens is 370 g/mol. The lowest BCUT2D eigenvalue weighted by Crippen LogP contribution is -2.60. The average Bonchev–Trinajstić information content (AvgIpc) is 2.95. The topological polar surface area (TPSA) is 80.6 Å². The second kappa shape index (κ2) is 7.39. The van der Waals surface area contributed by atoms with Crippen molar-refractivity contribution in [1.82, 2.24) is 4.57 Å².